The standard InChI is InChI=1S/C14H12BrClN2O2/c1-8-7-9(5-6-11(8)16)20-12-4-2-3-10(15)13(12)14(17)18-19/h2-7,19H,1H3,(H2,17,18). The molecule has 3 N–H and O–H groups in total. The highest BCUT2D eigenvalue weighted by Gasteiger charge is 2.13. The van der Waals surface area contributed by atoms with E-state index in [1.807, 2.05) is 13.0 Å². The van der Waals surface area contributed by atoms with Crippen molar-refractivity contribution in [2.45, 2.75) is 6.92 Å². The van der Waals surface area contributed by atoms with Gasteiger partial charge in [-0.05, 0) is 58.7 Å². The first-order valence-corrected chi connectivity index (χ1v) is 6.90. The van der Waals surface area contributed by atoms with E-state index in [4.69, 9.17) is 27.3 Å². The Hall–Kier alpha value is -1.72. The number of amidine groups is 1. The molecule has 0 aromatic heterocycles. The molecule has 0 aliphatic rings. The maximum absolute atomic E-state index is 8.85. The highest BCUT2D eigenvalue weighted by Crippen LogP contribution is 2.31. The summed E-state index contributed by atoms with van der Waals surface area (Å²) >= 11 is 9.33. The molecule has 0 radical (unpaired) electrons. The van der Waals surface area contributed by atoms with E-state index in [0.29, 0.717) is 26.6 Å². The fourth-order valence-corrected chi connectivity index (χ4v) is 2.36. The van der Waals surface area contributed by atoms with Gasteiger partial charge in [-0.25, -0.2) is 0 Å². The summed E-state index contributed by atoms with van der Waals surface area (Å²) in [6, 6.07) is 10.7. The van der Waals surface area contributed by atoms with E-state index in [2.05, 4.69) is 21.1 Å². The minimum absolute atomic E-state index is 0.0295. The van der Waals surface area contributed by atoms with Crippen molar-refractivity contribution < 1.29 is 9.94 Å². The number of ether oxygens (including phenoxy) is 1. The summed E-state index contributed by atoms with van der Waals surface area (Å²) in [5.74, 6) is 1.08. The lowest BCUT2D eigenvalue weighted by molar-refractivity contribution is 0.318. The predicted molar refractivity (Wildman–Crippen MR) is 82.9 cm³/mol. The van der Waals surface area contributed by atoms with Crippen LogP contribution in [0.2, 0.25) is 5.02 Å². The molecule has 0 saturated carbocycles. The van der Waals surface area contributed by atoms with Gasteiger partial charge in [0.15, 0.2) is 5.84 Å². The van der Waals surface area contributed by atoms with E-state index in [0.717, 1.165) is 5.56 Å². The van der Waals surface area contributed by atoms with Gasteiger partial charge in [0.1, 0.15) is 11.5 Å². The molecule has 0 unspecified atom stereocenters. The number of halogens is 2. The summed E-state index contributed by atoms with van der Waals surface area (Å²) in [5.41, 5.74) is 7.07. The molecular formula is C14H12BrClN2O2. The Labute approximate surface area is 129 Å². The zero-order valence-electron chi connectivity index (χ0n) is 10.6. The van der Waals surface area contributed by atoms with Crippen LogP contribution in [-0.2, 0) is 0 Å². The Morgan fingerprint density at radius 1 is 1.35 bits per heavy atom. The molecule has 20 heavy (non-hydrogen) atoms. The Morgan fingerprint density at radius 3 is 2.75 bits per heavy atom. The average molecular weight is 356 g/mol. The van der Waals surface area contributed by atoms with Gasteiger partial charge in [-0.2, -0.15) is 0 Å². The first-order valence-electron chi connectivity index (χ1n) is 5.73. The van der Waals surface area contributed by atoms with E-state index < -0.39 is 0 Å². The van der Waals surface area contributed by atoms with Crippen molar-refractivity contribution in [3.63, 3.8) is 0 Å². The van der Waals surface area contributed by atoms with E-state index in [1.165, 1.54) is 0 Å². The molecule has 0 fully saturated rings. The number of oxime groups is 1. The van der Waals surface area contributed by atoms with Gasteiger partial charge in [0.05, 0.1) is 5.56 Å². The minimum atomic E-state index is -0.0295. The number of hydrogen-bond donors (Lipinski definition) is 2. The van der Waals surface area contributed by atoms with Crippen LogP contribution in [0.5, 0.6) is 11.5 Å². The lowest BCUT2D eigenvalue weighted by Gasteiger charge is -2.12. The van der Waals surface area contributed by atoms with Gasteiger partial charge in [-0.3, -0.25) is 0 Å². The van der Waals surface area contributed by atoms with Gasteiger partial charge in [-0.15, -0.1) is 0 Å². The molecule has 2 aromatic rings. The van der Waals surface area contributed by atoms with Gasteiger partial charge < -0.3 is 15.7 Å². The quantitative estimate of drug-likeness (QED) is 0.373. The third-order valence-electron chi connectivity index (χ3n) is 2.70. The summed E-state index contributed by atoms with van der Waals surface area (Å²) in [4.78, 5) is 0. The highest BCUT2D eigenvalue weighted by atomic mass is 79.9. The molecule has 0 aliphatic carbocycles. The van der Waals surface area contributed by atoms with Gasteiger partial charge in [0, 0.05) is 9.50 Å². The predicted octanol–water partition coefficient (Wildman–Crippen LogP) is 4.30. The molecule has 2 rings (SSSR count). The number of benzene rings is 2. The second kappa shape index (κ2) is 6.15. The van der Waals surface area contributed by atoms with Crippen LogP contribution in [0.1, 0.15) is 11.1 Å². The summed E-state index contributed by atoms with van der Waals surface area (Å²) in [6.45, 7) is 1.89. The molecule has 104 valence electrons. The Balaban J connectivity index is 2.43. The second-order valence-corrected chi connectivity index (χ2v) is 5.37. The van der Waals surface area contributed by atoms with Crippen LogP contribution in [0.15, 0.2) is 46.0 Å². The molecular weight excluding hydrogens is 344 g/mol. The van der Waals surface area contributed by atoms with E-state index in [1.54, 1.807) is 30.3 Å². The third kappa shape index (κ3) is 3.05. The molecule has 0 bridgehead atoms. The lowest BCUT2D eigenvalue weighted by Crippen LogP contribution is -2.15. The summed E-state index contributed by atoms with van der Waals surface area (Å²) < 4.78 is 6.47. The Bertz CT molecular complexity index is 674. The van der Waals surface area contributed by atoms with Crippen LogP contribution in [-0.4, -0.2) is 11.0 Å². The SMILES string of the molecule is Cc1cc(Oc2cccc(Br)c2/C(N)=N/O)ccc1Cl. The molecule has 0 amide bonds. The highest BCUT2D eigenvalue weighted by molar-refractivity contribution is 9.10. The van der Waals surface area contributed by atoms with Crippen molar-refractivity contribution in [2.75, 3.05) is 0 Å². The first-order chi connectivity index (χ1) is 9.52. The van der Waals surface area contributed by atoms with Gasteiger partial charge in [0.25, 0.3) is 0 Å². The second-order valence-electron chi connectivity index (χ2n) is 4.11. The molecule has 6 heteroatoms. The van der Waals surface area contributed by atoms with Crippen molar-refractivity contribution in [3.05, 3.63) is 57.0 Å². The monoisotopic (exact) mass is 354 g/mol. The number of hydrogen-bond acceptors (Lipinski definition) is 3. The Kier molecular flexibility index (Phi) is 4.52. The summed E-state index contributed by atoms with van der Waals surface area (Å²) in [5, 5.41) is 12.5. The molecule has 0 heterocycles. The largest absolute Gasteiger partial charge is 0.457 e. The van der Waals surface area contributed by atoms with Crippen molar-refractivity contribution in [2.24, 2.45) is 10.9 Å². The van der Waals surface area contributed by atoms with E-state index in [-0.39, 0.29) is 5.84 Å². The van der Waals surface area contributed by atoms with Crippen LogP contribution in [0, 0.1) is 6.92 Å². The molecule has 0 atom stereocenters. The van der Waals surface area contributed by atoms with E-state index in [9.17, 15) is 0 Å². The average Bonchev–Trinajstić information content (AvgIpc) is 2.42. The number of aryl methyl sites for hydroxylation is 1. The zero-order valence-corrected chi connectivity index (χ0v) is 12.9. The Morgan fingerprint density at radius 2 is 2.10 bits per heavy atom. The zero-order chi connectivity index (χ0) is 14.7. The summed E-state index contributed by atoms with van der Waals surface area (Å²) in [6.07, 6.45) is 0. The molecule has 0 spiro atoms. The van der Waals surface area contributed by atoms with Crippen molar-refractivity contribution in [1.29, 1.82) is 0 Å². The molecule has 2 aromatic carbocycles. The number of nitrogens with zero attached hydrogens (tertiary/aromatic N) is 1. The van der Waals surface area contributed by atoms with Crippen LogP contribution in [0.4, 0.5) is 0 Å². The van der Waals surface area contributed by atoms with Crippen LogP contribution >= 0.6 is 27.5 Å². The maximum Gasteiger partial charge on any atom is 0.175 e. The van der Waals surface area contributed by atoms with Gasteiger partial charge in [-0.1, -0.05) is 22.8 Å². The summed E-state index contributed by atoms with van der Waals surface area (Å²) in [7, 11) is 0. The maximum atomic E-state index is 8.85. The van der Waals surface area contributed by atoms with Crippen molar-refractivity contribution in [1.82, 2.24) is 0 Å². The van der Waals surface area contributed by atoms with Crippen molar-refractivity contribution in [3.8, 4) is 11.5 Å². The number of nitrogens with two attached hydrogens (primary N) is 1. The third-order valence-corrected chi connectivity index (χ3v) is 3.78. The van der Waals surface area contributed by atoms with Crippen LogP contribution in [0.25, 0.3) is 0 Å². The van der Waals surface area contributed by atoms with Crippen molar-refractivity contribution >= 4 is 33.4 Å². The van der Waals surface area contributed by atoms with Crippen LogP contribution < -0.4 is 10.5 Å². The number of rotatable bonds is 3. The van der Waals surface area contributed by atoms with Gasteiger partial charge in [0.2, 0.25) is 0 Å². The smallest absolute Gasteiger partial charge is 0.175 e. The van der Waals surface area contributed by atoms with Crippen LogP contribution in [0.3, 0.4) is 0 Å². The fourth-order valence-electron chi connectivity index (χ4n) is 1.70. The fraction of sp³-hybridized carbons (Fsp3) is 0.0714. The normalized spacial score (nSPS) is 11.4. The molecule has 4 nitrogen and oxygen atoms in total. The molecule has 0 saturated heterocycles. The minimum Gasteiger partial charge on any atom is -0.457 e. The van der Waals surface area contributed by atoms with Gasteiger partial charge >= 0.3 is 0 Å². The topological polar surface area (TPSA) is 67.8 Å². The van der Waals surface area contributed by atoms with E-state index >= 15 is 0 Å². The lowest BCUT2D eigenvalue weighted by atomic mass is 10.2. The first kappa shape index (κ1) is 14.7. The molecule has 0 aliphatic heterocycles.